The Morgan fingerprint density at radius 1 is 1.16 bits per heavy atom. The first kappa shape index (κ1) is 13.9. The number of anilines is 2. The van der Waals surface area contributed by atoms with E-state index in [2.05, 4.69) is 37.2 Å². The summed E-state index contributed by atoms with van der Waals surface area (Å²) in [6.45, 7) is 0. The molecule has 0 aliphatic carbocycles. The topological polar surface area (TPSA) is 75.4 Å². The fourth-order valence-electron chi connectivity index (χ4n) is 1.54. The molecule has 0 bridgehead atoms. The lowest BCUT2D eigenvalue weighted by Gasteiger charge is -2.09. The number of carbonyl (C=O) groups excluding carboxylic acids is 1. The van der Waals surface area contributed by atoms with Crippen LogP contribution in [-0.4, -0.2) is 11.0 Å². The normalized spacial score (nSPS) is 10.2. The second-order valence-corrected chi connectivity index (χ2v) is 5.54. The van der Waals surface area contributed by atoms with Crippen LogP contribution in [0.2, 0.25) is 0 Å². The quantitative estimate of drug-likeness (QED) is 0.544. The van der Waals surface area contributed by atoms with Crippen LogP contribution in [0.25, 0.3) is 0 Å². The Morgan fingerprint density at radius 2 is 1.74 bits per heavy atom. The van der Waals surface area contributed by atoms with Crippen molar-refractivity contribution in [1.29, 1.82) is 0 Å². The van der Waals surface area contributed by atoms with E-state index in [0.717, 1.165) is 0 Å². The van der Waals surface area contributed by atoms with Crippen LogP contribution in [-0.2, 0) is 0 Å². The van der Waals surface area contributed by atoms with Gasteiger partial charge >= 0.3 is 0 Å². The van der Waals surface area contributed by atoms with Crippen molar-refractivity contribution in [3.63, 3.8) is 0 Å². The molecule has 2 aromatic rings. The summed E-state index contributed by atoms with van der Waals surface area (Å²) in [6, 6.07) is 10.0. The van der Waals surface area contributed by atoms with Crippen LogP contribution in [0.15, 0.2) is 45.3 Å². The van der Waals surface area contributed by atoms with E-state index in [1.165, 1.54) is 0 Å². The third-order valence-electron chi connectivity index (χ3n) is 2.48. The van der Waals surface area contributed by atoms with Crippen LogP contribution in [0, 0.1) is 0 Å². The molecule has 6 heteroatoms. The average Bonchev–Trinajstić information content (AvgIpc) is 2.36. The molecule has 4 N–H and O–H groups in total. The number of benzene rings is 2. The van der Waals surface area contributed by atoms with Crippen molar-refractivity contribution >= 4 is 49.1 Å². The highest BCUT2D eigenvalue weighted by Crippen LogP contribution is 2.35. The fraction of sp³-hybridized carbons (Fsp3) is 0. The Kier molecular flexibility index (Phi) is 4.11. The highest BCUT2D eigenvalue weighted by Gasteiger charge is 2.11. The number of hydrogen-bond acceptors (Lipinski definition) is 3. The Morgan fingerprint density at radius 3 is 2.32 bits per heavy atom. The van der Waals surface area contributed by atoms with Crippen molar-refractivity contribution in [3.05, 3.63) is 50.9 Å². The largest absolute Gasteiger partial charge is 0.506 e. The van der Waals surface area contributed by atoms with E-state index in [1.54, 1.807) is 36.4 Å². The van der Waals surface area contributed by atoms with Gasteiger partial charge < -0.3 is 16.2 Å². The molecular formula is C13H10Br2N2O2. The first-order valence-corrected chi connectivity index (χ1v) is 6.91. The predicted octanol–water partition coefficient (Wildman–Crippen LogP) is 3.75. The van der Waals surface area contributed by atoms with Crippen molar-refractivity contribution in [3.8, 4) is 5.75 Å². The summed E-state index contributed by atoms with van der Waals surface area (Å²) in [5.74, 6) is -0.222. The van der Waals surface area contributed by atoms with Crippen LogP contribution in [0.3, 0.4) is 0 Å². The van der Waals surface area contributed by atoms with Crippen LogP contribution in [0.1, 0.15) is 10.4 Å². The lowest BCUT2D eigenvalue weighted by atomic mass is 10.1. The summed E-state index contributed by atoms with van der Waals surface area (Å²) >= 11 is 6.40. The zero-order chi connectivity index (χ0) is 14.0. The third kappa shape index (κ3) is 3.08. The summed E-state index contributed by atoms with van der Waals surface area (Å²) in [5.41, 5.74) is 7.10. The van der Waals surface area contributed by atoms with E-state index in [-0.39, 0.29) is 11.7 Å². The van der Waals surface area contributed by atoms with Gasteiger partial charge in [0.25, 0.3) is 5.91 Å². The fourth-order valence-corrected chi connectivity index (χ4v) is 2.73. The van der Waals surface area contributed by atoms with Crippen molar-refractivity contribution in [1.82, 2.24) is 0 Å². The Hall–Kier alpha value is -1.53. The maximum Gasteiger partial charge on any atom is 0.257 e. The molecular weight excluding hydrogens is 376 g/mol. The van der Waals surface area contributed by atoms with Gasteiger partial charge in [0, 0.05) is 11.4 Å². The first-order valence-electron chi connectivity index (χ1n) is 5.33. The molecule has 98 valence electrons. The van der Waals surface area contributed by atoms with E-state index in [0.29, 0.717) is 25.9 Å². The summed E-state index contributed by atoms with van der Waals surface area (Å²) in [7, 11) is 0. The second kappa shape index (κ2) is 5.63. The van der Waals surface area contributed by atoms with Gasteiger partial charge in [0.1, 0.15) is 5.75 Å². The van der Waals surface area contributed by atoms with E-state index >= 15 is 0 Å². The molecule has 4 nitrogen and oxygen atoms in total. The van der Waals surface area contributed by atoms with Crippen LogP contribution in [0.5, 0.6) is 5.75 Å². The molecule has 19 heavy (non-hydrogen) atoms. The molecule has 1 amide bonds. The Bertz CT molecular complexity index is 621. The maximum atomic E-state index is 12.1. The molecule has 0 heterocycles. The molecule has 2 rings (SSSR count). The zero-order valence-electron chi connectivity index (χ0n) is 9.65. The van der Waals surface area contributed by atoms with Crippen molar-refractivity contribution in [2.75, 3.05) is 11.1 Å². The van der Waals surface area contributed by atoms with Crippen molar-refractivity contribution < 1.29 is 9.90 Å². The molecule has 0 radical (unpaired) electrons. The highest BCUT2D eigenvalue weighted by atomic mass is 79.9. The standard InChI is InChI=1S/C13H10Br2N2O2/c14-9-5-7(6-10(15)12(9)18)17-13(19)8-3-1-2-4-11(8)16/h1-6,18H,16H2,(H,17,19). The Balaban J connectivity index is 2.27. The Labute approximate surface area is 126 Å². The molecule has 0 aliphatic heterocycles. The lowest BCUT2D eigenvalue weighted by Crippen LogP contribution is -2.13. The van der Waals surface area contributed by atoms with Crippen LogP contribution < -0.4 is 11.1 Å². The van der Waals surface area contributed by atoms with Gasteiger partial charge in [-0.2, -0.15) is 0 Å². The molecule has 0 saturated carbocycles. The number of hydrogen-bond donors (Lipinski definition) is 3. The average molecular weight is 386 g/mol. The second-order valence-electron chi connectivity index (χ2n) is 3.83. The number of carbonyl (C=O) groups is 1. The SMILES string of the molecule is Nc1ccccc1C(=O)Nc1cc(Br)c(O)c(Br)c1. The molecule has 0 aliphatic rings. The van der Waals surface area contributed by atoms with Crippen molar-refractivity contribution in [2.45, 2.75) is 0 Å². The molecule has 0 saturated heterocycles. The van der Waals surface area contributed by atoms with Gasteiger partial charge in [0.15, 0.2) is 0 Å². The van der Waals surface area contributed by atoms with Gasteiger partial charge in [-0.3, -0.25) is 4.79 Å². The maximum absolute atomic E-state index is 12.1. The van der Waals surface area contributed by atoms with Gasteiger partial charge in [-0.05, 0) is 56.1 Å². The summed E-state index contributed by atoms with van der Waals surface area (Å²) in [5, 5.41) is 12.3. The minimum atomic E-state index is -0.303. The number of nitrogens with two attached hydrogens (primary N) is 1. The summed E-state index contributed by atoms with van der Waals surface area (Å²) in [4.78, 5) is 12.1. The number of nitrogens with one attached hydrogen (secondary N) is 1. The van der Waals surface area contributed by atoms with Gasteiger partial charge in [-0.15, -0.1) is 0 Å². The minimum absolute atomic E-state index is 0.0808. The van der Waals surface area contributed by atoms with E-state index in [1.807, 2.05) is 0 Å². The number of nitrogen functional groups attached to an aromatic ring is 1. The summed E-state index contributed by atoms with van der Waals surface area (Å²) < 4.78 is 0.969. The number of phenolic OH excluding ortho intramolecular Hbond substituents is 1. The number of rotatable bonds is 2. The smallest absolute Gasteiger partial charge is 0.257 e. The molecule has 0 spiro atoms. The van der Waals surface area contributed by atoms with Crippen LogP contribution >= 0.6 is 31.9 Å². The minimum Gasteiger partial charge on any atom is -0.506 e. The number of phenols is 1. The molecule has 0 atom stereocenters. The molecule has 2 aromatic carbocycles. The lowest BCUT2D eigenvalue weighted by molar-refractivity contribution is 0.102. The number of para-hydroxylation sites is 1. The summed E-state index contributed by atoms with van der Waals surface area (Å²) in [6.07, 6.45) is 0. The van der Waals surface area contributed by atoms with Gasteiger partial charge in [0.2, 0.25) is 0 Å². The molecule has 0 fully saturated rings. The van der Waals surface area contributed by atoms with Crippen LogP contribution in [0.4, 0.5) is 11.4 Å². The monoisotopic (exact) mass is 384 g/mol. The van der Waals surface area contributed by atoms with Gasteiger partial charge in [0.05, 0.1) is 14.5 Å². The molecule has 0 aromatic heterocycles. The van der Waals surface area contributed by atoms with E-state index < -0.39 is 0 Å². The number of halogens is 2. The third-order valence-corrected chi connectivity index (χ3v) is 3.69. The zero-order valence-corrected chi connectivity index (χ0v) is 12.8. The number of aromatic hydroxyl groups is 1. The number of amides is 1. The molecule has 0 unspecified atom stereocenters. The highest BCUT2D eigenvalue weighted by molar-refractivity contribution is 9.11. The van der Waals surface area contributed by atoms with E-state index in [4.69, 9.17) is 5.73 Å². The van der Waals surface area contributed by atoms with Gasteiger partial charge in [-0.25, -0.2) is 0 Å². The predicted molar refractivity (Wildman–Crippen MR) is 82.3 cm³/mol. The van der Waals surface area contributed by atoms with E-state index in [9.17, 15) is 9.90 Å². The first-order chi connectivity index (χ1) is 8.99. The van der Waals surface area contributed by atoms with Crippen molar-refractivity contribution in [2.24, 2.45) is 0 Å². The van der Waals surface area contributed by atoms with Gasteiger partial charge in [-0.1, -0.05) is 12.1 Å².